The van der Waals surface area contributed by atoms with Crippen molar-refractivity contribution in [2.24, 2.45) is 0 Å². The fraction of sp³-hybridized carbons (Fsp3) is 0.323. The topological polar surface area (TPSA) is 79.7 Å². The minimum Gasteiger partial charge on any atom is -0.497 e. The van der Waals surface area contributed by atoms with E-state index in [0.717, 1.165) is 38.3 Å². The van der Waals surface area contributed by atoms with Gasteiger partial charge in [0.2, 0.25) is 5.91 Å². The molecule has 0 aliphatic carbocycles. The first-order valence-corrected chi connectivity index (χ1v) is 13.5. The minimum absolute atomic E-state index is 0.0352. The highest BCUT2D eigenvalue weighted by atomic mass is 16.5. The third-order valence-electron chi connectivity index (χ3n) is 7.00. The summed E-state index contributed by atoms with van der Waals surface area (Å²) >= 11 is 0. The van der Waals surface area contributed by atoms with Gasteiger partial charge < -0.3 is 19.9 Å². The number of rotatable bonds is 7. The number of benzene rings is 3. The van der Waals surface area contributed by atoms with Crippen molar-refractivity contribution in [1.29, 1.82) is 0 Å². The van der Waals surface area contributed by atoms with Crippen LogP contribution >= 0.6 is 0 Å². The molecule has 0 unspecified atom stereocenters. The molecule has 5 rings (SSSR count). The number of anilines is 2. The van der Waals surface area contributed by atoms with Crippen molar-refractivity contribution in [2.45, 2.75) is 32.9 Å². The number of carbonyl (C=O) groups is 1. The van der Waals surface area contributed by atoms with Crippen LogP contribution in [-0.4, -0.2) is 54.8 Å². The number of nitrogens with zero attached hydrogens (tertiary/aromatic N) is 4. The fourth-order valence-electron chi connectivity index (χ4n) is 5.12. The lowest BCUT2D eigenvalue weighted by Gasteiger charge is -2.25. The van der Waals surface area contributed by atoms with Crippen molar-refractivity contribution in [3.8, 4) is 17.1 Å². The molecule has 1 aliphatic rings. The van der Waals surface area contributed by atoms with Gasteiger partial charge in [0.25, 0.3) is 5.56 Å². The molecule has 0 atom stereocenters. The van der Waals surface area contributed by atoms with Gasteiger partial charge in [0.15, 0.2) is 0 Å². The average molecular weight is 526 g/mol. The van der Waals surface area contributed by atoms with Crippen LogP contribution in [0.2, 0.25) is 0 Å². The lowest BCUT2D eigenvalue weighted by Crippen LogP contribution is -2.37. The Balaban J connectivity index is 1.51. The standard InChI is InChI=1S/C31H35N5O3/c1-22(2)32-29(37)21-36-30(23-9-7-12-26(19-23)39-3)33-28-14-13-25(20-27(28)31(36)38)35-16-8-15-34(17-18-35)24-10-5-4-6-11-24/h4-7,9-14,19-20,22H,8,15-18,21H2,1-3H3,(H,32,37). The molecule has 0 bridgehead atoms. The molecule has 2 heterocycles. The van der Waals surface area contributed by atoms with Gasteiger partial charge in [0, 0.05) is 49.2 Å². The van der Waals surface area contributed by atoms with Gasteiger partial charge in [-0.3, -0.25) is 14.2 Å². The highest BCUT2D eigenvalue weighted by Crippen LogP contribution is 2.26. The van der Waals surface area contributed by atoms with E-state index in [9.17, 15) is 9.59 Å². The Hall–Kier alpha value is -4.33. The second-order valence-corrected chi connectivity index (χ2v) is 10.1. The molecule has 4 aromatic rings. The van der Waals surface area contributed by atoms with E-state index in [1.54, 1.807) is 7.11 Å². The number of aromatic nitrogens is 2. The molecule has 1 aromatic heterocycles. The summed E-state index contributed by atoms with van der Waals surface area (Å²) in [5.74, 6) is 0.856. The van der Waals surface area contributed by atoms with Crippen LogP contribution in [0.5, 0.6) is 5.75 Å². The Labute approximate surface area is 228 Å². The van der Waals surface area contributed by atoms with Gasteiger partial charge >= 0.3 is 0 Å². The molecule has 39 heavy (non-hydrogen) atoms. The molecule has 0 spiro atoms. The SMILES string of the molecule is COc1cccc(-c2nc3ccc(N4CCCN(c5ccccc5)CC4)cc3c(=O)n2CC(=O)NC(C)C)c1. The number of amides is 1. The van der Waals surface area contributed by atoms with E-state index >= 15 is 0 Å². The normalized spacial score (nSPS) is 13.9. The third kappa shape index (κ3) is 5.90. The molecule has 1 N–H and O–H groups in total. The molecular formula is C31H35N5O3. The summed E-state index contributed by atoms with van der Waals surface area (Å²) in [6.07, 6.45) is 1.01. The first kappa shape index (κ1) is 26.3. The van der Waals surface area contributed by atoms with Crippen LogP contribution in [0.25, 0.3) is 22.3 Å². The Morgan fingerprint density at radius 3 is 2.38 bits per heavy atom. The highest BCUT2D eigenvalue weighted by molar-refractivity contribution is 5.85. The van der Waals surface area contributed by atoms with Crippen LogP contribution in [0.1, 0.15) is 20.3 Å². The van der Waals surface area contributed by atoms with Gasteiger partial charge in [-0.25, -0.2) is 4.98 Å². The number of hydrogen-bond acceptors (Lipinski definition) is 6. The molecule has 8 nitrogen and oxygen atoms in total. The summed E-state index contributed by atoms with van der Waals surface area (Å²) < 4.78 is 6.86. The Morgan fingerprint density at radius 1 is 0.923 bits per heavy atom. The van der Waals surface area contributed by atoms with Crippen LogP contribution in [0.15, 0.2) is 77.6 Å². The average Bonchev–Trinajstić information content (AvgIpc) is 3.21. The van der Waals surface area contributed by atoms with Crippen molar-refractivity contribution < 1.29 is 9.53 Å². The second-order valence-electron chi connectivity index (χ2n) is 10.1. The van der Waals surface area contributed by atoms with E-state index in [2.05, 4.69) is 39.4 Å². The summed E-state index contributed by atoms with van der Waals surface area (Å²) in [7, 11) is 1.60. The largest absolute Gasteiger partial charge is 0.497 e. The summed E-state index contributed by atoms with van der Waals surface area (Å²) in [6, 6.07) is 23.7. The molecule has 8 heteroatoms. The quantitative estimate of drug-likeness (QED) is 0.387. The van der Waals surface area contributed by atoms with Crippen molar-refractivity contribution >= 4 is 28.2 Å². The monoisotopic (exact) mass is 525 g/mol. The van der Waals surface area contributed by atoms with Crippen LogP contribution in [0.4, 0.5) is 11.4 Å². The van der Waals surface area contributed by atoms with Gasteiger partial charge in [-0.15, -0.1) is 0 Å². The van der Waals surface area contributed by atoms with Gasteiger partial charge in [0.1, 0.15) is 18.1 Å². The van der Waals surface area contributed by atoms with E-state index in [-0.39, 0.29) is 24.1 Å². The van der Waals surface area contributed by atoms with E-state index in [0.29, 0.717) is 28.0 Å². The van der Waals surface area contributed by atoms with Crippen LogP contribution in [0, 0.1) is 0 Å². The number of fused-ring (bicyclic) bond motifs is 1. The number of carbonyl (C=O) groups excluding carboxylic acids is 1. The molecule has 1 saturated heterocycles. The number of ether oxygens (including phenoxy) is 1. The number of nitrogens with one attached hydrogen (secondary N) is 1. The maximum absolute atomic E-state index is 13.9. The van der Waals surface area contributed by atoms with Crippen LogP contribution in [0.3, 0.4) is 0 Å². The number of methoxy groups -OCH3 is 1. The van der Waals surface area contributed by atoms with E-state index in [1.807, 2.05) is 62.4 Å². The van der Waals surface area contributed by atoms with Crippen LogP contribution < -0.4 is 25.4 Å². The zero-order chi connectivity index (χ0) is 27.4. The third-order valence-corrected chi connectivity index (χ3v) is 7.00. The smallest absolute Gasteiger partial charge is 0.262 e. The highest BCUT2D eigenvalue weighted by Gasteiger charge is 2.20. The molecule has 0 saturated carbocycles. The first-order chi connectivity index (χ1) is 18.9. The molecule has 0 radical (unpaired) electrons. The summed E-state index contributed by atoms with van der Waals surface area (Å²) in [6.45, 7) is 7.30. The van der Waals surface area contributed by atoms with Gasteiger partial charge in [0.05, 0.1) is 18.0 Å². The summed E-state index contributed by atoms with van der Waals surface area (Å²) in [5.41, 5.74) is 3.30. The van der Waals surface area contributed by atoms with E-state index < -0.39 is 0 Å². The lowest BCUT2D eigenvalue weighted by molar-refractivity contribution is -0.122. The molecule has 202 valence electrons. The molecule has 1 aliphatic heterocycles. The summed E-state index contributed by atoms with van der Waals surface area (Å²) in [4.78, 5) is 36.3. The fourth-order valence-corrected chi connectivity index (χ4v) is 5.12. The van der Waals surface area contributed by atoms with Crippen molar-refractivity contribution in [1.82, 2.24) is 14.9 Å². The maximum atomic E-state index is 13.9. The summed E-state index contributed by atoms with van der Waals surface area (Å²) in [5, 5.41) is 3.39. The second kappa shape index (κ2) is 11.6. The van der Waals surface area contributed by atoms with Crippen molar-refractivity contribution in [2.75, 3.05) is 43.1 Å². The van der Waals surface area contributed by atoms with Gasteiger partial charge in [-0.1, -0.05) is 30.3 Å². The van der Waals surface area contributed by atoms with E-state index in [1.165, 1.54) is 10.3 Å². The zero-order valence-electron chi connectivity index (χ0n) is 22.8. The lowest BCUT2D eigenvalue weighted by atomic mass is 10.1. The predicted octanol–water partition coefficient (Wildman–Crippen LogP) is 4.31. The molecular weight excluding hydrogens is 490 g/mol. The maximum Gasteiger partial charge on any atom is 0.262 e. The first-order valence-electron chi connectivity index (χ1n) is 13.5. The van der Waals surface area contributed by atoms with Gasteiger partial charge in [-0.2, -0.15) is 0 Å². The number of para-hydroxylation sites is 1. The van der Waals surface area contributed by atoms with E-state index in [4.69, 9.17) is 9.72 Å². The Morgan fingerprint density at radius 2 is 1.67 bits per heavy atom. The molecule has 3 aromatic carbocycles. The van der Waals surface area contributed by atoms with Gasteiger partial charge in [-0.05, 0) is 62.7 Å². The van der Waals surface area contributed by atoms with Crippen molar-refractivity contribution in [3.05, 3.63) is 83.2 Å². The molecule has 1 fully saturated rings. The Kier molecular flexibility index (Phi) is 7.81. The predicted molar refractivity (Wildman–Crippen MR) is 157 cm³/mol. The van der Waals surface area contributed by atoms with Crippen molar-refractivity contribution in [3.63, 3.8) is 0 Å². The molecule has 1 amide bonds. The Bertz CT molecular complexity index is 1520. The number of hydrogen-bond donors (Lipinski definition) is 1. The van der Waals surface area contributed by atoms with Crippen LogP contribution in [-0.2, 0) is 11.3 Å². The zero-order valence-corrected chi connectivity index (χ0v) is 22.8. The minimum atomic E-state index is -0.237.